The normalized spacial score (nSPS) is 12.2. The lowest BCUT2D eigenvalue weighted by atomic mass is 10.0. The Kier molecular flexibility index (Phi) is 6.03. The van der Waals surface area contributed by atoms with Gasteiger partial charge >= 0.3 is 12.4 Å². The van der Waals surface area contributed by atoms with Crippen LogP contribution >= 0.6 is 23.5 Å². The molecule has 0 aromatic heterocycles. The van der Waals surface area contributed by atoms with Gasteiger partial charge in [-0.05, 0) is 24.6 Å². The van der Waals surface area contributed by atoms with E-state index in [4.69, 9.17) is 0 Å². The number of thioether (sulfide) groups is 2. The van der Waals surface area contributed by atoms with Crippen LogP contribution in [-0.4, -0.2) is 24.5 Å². The van der Waals surface area contributed by atoms with Crippen molar-refractivity contribution in [2.24, 2.45) is 0 Å². The largest absolute Gasteiger partial charge is 0.421 e. The predicted octanol–water partition coefficient (Wildman–Crippen LogP) is 5.39. The molecule has 1 aromatic carbocycles. The van der Waals surface area contributed by atoms with Crippen molar-refractivity contribution in [1.29, 1.82) is 0 Å². The fraction of sp³-hybridized carbons (Fsp3) is 0.308. The fourth-order valence-electron chi connectivity index (χ4n) is 1.58. The number of halogens is 6. The van der Waals surface area contributed by atoms with Crippen LogP contribution in [0, 0.1) is 0 Å². The van der Waals surface area contributed by atoms with Crippen molar-refractivity contribution in [1.82, 2.24) is 0 Å². The molecular formula is C13H10F6OS2. The third-order valence-electron chi connectivity index (χ3n) is 2.56. The minimum atomic E-state index is -4.89. The minimum Gasteiger partial charge on any atom is -0.289 e. The molecule has 0 spiro atoms. The zero-order valence-corrected chi connectivity index (χ0v) is 12.9. The van der Waals surface area contributed by atoms with Gasteiger partial charge in [-0.3, -0.25) is 4.79 Å². The average Bonchev–Trinajstić information content (AvgIpc) is 2.41. The molecule has 0 aliphatic heterocycles. The Morgan fingerprint density at radius 1 is 0.909 bits per heavy atom. The zero-order valence-electron chi connectivity index (χ0n) is 11.3. The van der Waals surface area contributed by atoms with E-state index in [-0.39, 0.29) is 4.24 Å². The summed E-state index contributed by atoms with van der Waals surface area (Å²) in [5, 5.41) is 0. The molecule has 0 radical (unpaired) electrons. The molecule has 0 aliphatic carbocycles. The molecule has 0 saturated carbocycles. The summed E-state index contributed by atoms with van der Waals surface area (Å²) in [7, 11) is 0. The SMILES string of the molecule is CSC(SC)=C(C(=O)c1ccc(C(F)(F)F)cc1)C(F)(F)F. The summed E-state index contributed by atoms with van der Waals surface area (Å²) in [5.74, 6) is -1.35. The van der Waals surface area contributed by atoms with Gasteiger partial charge in [0.05, 0.1) is 9.80 Å². The van der Waals surface area contributed by atoms with Crippen LogP contribution in [0.5, 0.6) is 0 Å². The summed E-state index contributed by atoms with van der Waals surface area (Å²) in [6.07, 6.45) is -6.73. The van der Waals surface area contributed by atoms with Gasteiger partial charge in [0.15, 0.2) is 5.78 Å². The van der Waals surface area contributed by atoms with Gasteiger partial charge in [-0.15, -0.1) is 23.5 Å². The van der Waals surface area contributed by atoms with E-state index in [0.29, 0.717) is 12.1 Å². The van der Waals surface area contributed by atoms with Crippen molar-refractivity contribution in [2.45, 2.75) is 12.4 Å². The van der Waals surface area contributed by atoms with Gasteiger partial charge < -0.3 is 0 Å². The average molecular weight is 360 g/mol. The van der Waals surface area contributed by atoms with Crippen molar-refractivity contribution < 1.29 is 31.1 Å². The topological polar surface area (TPSA) is 17.1 Å². The molecule has 0 amide bonds. The second-order valence-electron chi connectivity index (χ2n) is 3.97. The number of hydrogen-bond donors (Lipinski definition) is 0. The summed E-state index contributed by atoms with van der Waals surface area (Å²) in [6.45, 7) is 0. The monoisotopic (exact) mass is 360 g/mol. The van der Waals surface area contributed by atoms with Crippen LogP contribution in [0.4, 0.5) is 26.3 Å². The molecule has 0 fully saturated rings. The van der Waals surface area contributed by atoms with Gasteiger partial charge in [-0.2, -0.15) is 26.3 Å². The maximum absolute atomic E-state index is 13.1. The maximum Gasteiger partial charge on any atom is 0.421 e. The molecule has 0 atom stereocenters. The van der Waals surface area contributed by atoms with Crippen molar-refractivity contribution in [3.63, 3.8) is 0 Å². The first-order valence-electron chi connectivity index (χ1n) is 5.63. The molecule has 122 valence electrons. The number of allylic oxidation sites excluding steroid dienone is 1. The molecule has 0 unspecified atom stereocenters. The van der Waals surface area contributed by atoms with Crippen LogP contribution in [0.25, 0.3) is 0 Å². The number of ketones is 1. The summed E-state index contributed by atoms with van der Waals surface area (Å²) >= 11 is 1.51. The Hall–Kier alpha value is -1.09. The first kappa shape index (κ1) is 19.0. The van der Waals surface area contributed by atoms with Crippen molar-refractivity contribution in [2.75, 3.05) is 12.5 Å². The number of benzene rings is 1. The van der Waals surface area contributed by atoms with Crippen LogP contribution in [0.2, 0.25) is 0 Å². The van der Waals surface area contributed by atoms with Crippen LogP contribution in [0.15, 0.2) is 34.1 Å². The lowest BCUT2D eigenvalue weighted by molar-refractivity contribution is -0.137. The highest BCUT2D eigenvalue weighted by Crippen LogP contribution is 2.39. The maximum atomic E-state index is 13.1. The summed E-state index contributed by atoms with van der Waals surface area (Å²) < 4.78 is 76.2. The van der Waals surface area contributed by atoms with Gasteiger partial charge in [-0.25, -0.2) is 0 Å². The van der Waals surface area contributed by atoms with Crippen molar-refractivity contribution in [3.05, 3.63) is 45.2 Å². The van der Waals surface area contributed by atoms with Gasteiger partial charge in [0.1, 0.15) is 5.57 Å². The Morgan fingerprint density at radius 2 is 1.36 bits per heavy atom. The van der Waals surface area contributed by atoms with Crippen LogP contribution in [0.3, 0.4) is 0 Å². The molecule has 1 aromatic rings. The first-order valence-corrected chi connectivity index (χ1v) is 8.08. The van der Waals surface area contributed by atoms with Gasteiger partial charge in [0.25, 0.3) is 0 Å². The first-order chi connectivity index (χ1) is 10.0. The second kappa shape index (κ2) is 6.99. The zero-order chi connectivity index (χ0) is 17.1. The van der Waals surface area contributed by atoms with Crippen LogP contribution < -0.4 is 0 Å². The highest BCUT2D eigenvalue weighted by atomic mass is 32.2. The highest BCUT2D eigenvalue weighted by Gasteiger charge is 2.41. The minimum absolute atomic E-state index is 0.239. The molecule has 9 heteroatoms. The van der Waals surface area contributed by atoms with E-state index in [2.05, 4.69) is 0 Å². The lowest BCUT2D eigenvalue weighted by Crippen LogP contribution is -2.21. The molecule has 0 heterocycles. The highest BCUT2D eigenvalue weighted by molar-refractivity contribution is 8.21. The van der Waals surface area contributed by atoms with E-state index < -0.39 is 34.8 Å². The number of carbonyl (C=O) groups is 1. The molecule has 0 N–H and O–H groups in total. The van der Waals surface area contributed by atoms with Crippen molar-refractivity contribution >= 4 is 29.3 Å². The van der Waals surface area contributed by atoms with E-state index in [9.17, 15) is 31.1 Å². The fourth-order valence-corrected chi connectivity index (χ4v) is 3.07. The lowest BCUT2D eigenvalue weighted by Gasteiger charge is -2.15. The summed E-state index contributed by atoms with van der Waals surface area (Å²) in [5.41, 5.74) is -2.84. The number of rotatable bonds is 4. The predicted molar refractivity (Wildman–Crippen MR) is 75.9 cm³/mol. The number of hydrogen-bond acceptors (Lipinski definition) is 3. The van der Waals surface area contributed by atoms with E-state index >= 15 is 0 Å². The molecule has 1 rings (SSSR count). The van der Waals surface area contributed by atoms with Crippen molar-refractivity contribution in [3.8, 4) is 0 Å². The van der Waals surface area contributed by atoms with E-state index in [1.807, 2.05) is 0 Å². The number of Topliss-reactive ketones (excluding diaryl/α,β-unsaturated/α-hetero) is 1. The van der Waals surface area contributed by atoms with E-state index in [1.165, 1.54) is 12.5 Å². The molecule has 1 nitrogen and oxygen atoms in total. The van der Waals surface area contributed by atoms with Gasteiger partial charge in [0, 0.05) is 5.56 Å². The van der Waals surface area contributed by atoms with E-state index in [0.717, 1.165) is 35.7 Å². The summed E-state index contributed by atoms with van der Waals surface area (Å²) in [6, 6.07) is 2.66. The third kappa shape index (κ3) is 4.45. The smallest absolute Gasteiger partial charge is 0.289 e. The second-order valence-corrected chi connectivity index (χ2v) is 5.86. The molecule has 0 bridgehead atoms. The molecule has 0 aliphatic rings. The molecular weight excluding hydrogens is 350 g/mol. The van der Waals surface area contributed by atoms with Crippen LogP contribution in [-0.2, 0) is 6.18 Å². The van der Waals surface area contributed by atoms with Gasteiger partial charge in [-0.1, -0.05) is 12.1 Å². The Labute approximate surface area is 131 Å². The molecule has 22 heavy (non-hydrogen) atoms. The quantitative estimate of drug-likeness (QED) is 0.407. The number of alkyl halides is 6. The molecule has 0 saturated heterocycles. The number of carbonyl (C=O) groups excluding carboxylic acids is 1. The van der Waals surface area contributed by atoms with Crippen LogP contribution in [0.1, 0.15) is 15.9 Å². The van der Waals surface area contributed by atoms with E-state index in [1.54, 1.807) is 0 Å². The Morgan fingerprint density at radius 3 is 1.68 bits per heavy atom. The Balaban J connectivity index is 3.30. The third-order valence-corrected chi connectivity index (χ3v) is 4.71. The summed E-state index contributed by atoms with van der Waals surface area (Å²) in [4.78, 5) is 12.0. The standard InChI is InChI=1S/C13H10F6OS2/c1-21-11(22-2)9(13(17,18)19)10(20)7-3-5-8(6-4-7)12(14,15)16/h3-6H,1-2H3. The Bertz CT molecular complexity index is 566. The van der Waals surface area contributed by atoms with Gasteiger partial charge in [0.2, 0.25) is 0 Å².